The van der Waals surface area contributed by atoms with E-state index in [-0.39, 0.29) is 12.3 Å². The second kappa shape index (κ2) is 7.92. The van der Waals surface area contributed by atoms with Crippen molar-refractivity contribution < 1.29 is 8.78 Å². The molecule has 0 amide bonds. The van der Waals surface area contributed by atoms with Crippen LogP contribution in [0.5, 0.6) is 0 Å². The van der Waals surface area contributed by atoms with Gasteiger partial charge >= 0.3 is 0 Å². The molecule has 0 saturated heterocycles. The Morgan fingerprint density at radius 2 is 1.54 bits per heavy atom. The van der Waals surface area contributed by atoms with Crippen molar-refractivity contribution in [2.45, 2.75) is 63.7 Å². The van der Waals surface area contributed by atoms with E-state index >= 15 is 0 Å². The Bertz CT molecular complexity index is 637. The molecule has 0 bridgehead atoms. The highest BCUT2D eigenvalue weighted by atomic mass is 19.1. The van der Waals surface area contributed by atoms with Gasteiger partial charge in [-0.3, -0.25) is 0 Å². The third-order valence-corrected chi connectivity index (χ3v) is 5.08. The topological polar surface area (TPSA) is 0 Å². The molecule has 0 spiro atoms. The van der Waals surface area contributed by atoms with Gasteiger partial charge in [0, 0.05) is 6.42 Å². The summed E-state index contributed by atoms with van der Waals surface area (Å²) in [5.41, 5.74) is 4.69. The average Bonchev–Trinajstić information content (AvgIpc) is 2.59. The van der Waals surface area contributed by atoms with E-state index in [9.17, 15) is 8.78 Å². The molecule has 1 aliphatic carbocycles. The Labute approximate surface area is 143 Å². The molecule has 0 aromatic heterocycles. The van der Waals surface area contributed by atoms with E-state index in [4.69, 9.17) is 0 Å². The molecule has 2 aromatic rings. The molecule has 1 aliphatic rings. The molecular weight excluding hydrogens is 302 g/mol. The maximum Gasteiger partial charge on any atom is 0.103 e. The van der Waals surface area contributed by atoms with Crippen molar-refractivity contribution in [3.63, 3.8) is 0 Å². The van der Waals surface area contributed by atoms with Gasteiger partial charge in [-0.25, -0.2) is 8.78 Å². The van der Waals surface area contributed by atoms with Crippen molar-refractivity contribution in [3.8, 4) is 11.1 Å². The van der Waals surface area contributed by atoms with Gasteiger partial charge in [0.15, 0.2) is 0 Å². The van der Waals surface area contributed by atoms with Crippen LogP contribution in [0, 0.1) is 0 Å². The number of hydrogen-bond acceptors (Lipinski definition) is 0. The summed E-state index contributed by atoms with van der Waals surface area (Å²) in [5, 5.41) is 0. The monoisotopic (exact) mass is 328 g/mol. The summed E-state index contributed by atoms with van der Waals surface area (Å²) in [5.74, 6) is -0.0280. The van der Waals surface area contributed by atoms with E-state index in [0.717, 1.165) is 23.1 Å². The first-order chi connectivity index (χ1) is 11.7. The highest BCUT2D eigenvalue weighted by Gasteiger charge is 2.30. The van der Waals surface area contributed by atoms with Crippen molar-refractivity contribution in [3.05, 3.63) is 59.7 Å². The third kappa shape index (κ3) is 4.03. The summed E-state index contributed by atoms with van der Waals surface area (Å²) in [4.78, 5) is 0. The van der Waals surface area contributed by atoms with E-state index in [1.807, 2.05) is 18.2 Å². The van der Waals surface area contributed by atoms with Crippen molar-refractivity contribution in [2.75, 3.05) is 0 Å². The highest BCUT2D eigenvalue weighted by Crippen LogP contribution is 2.40. The molecule has 1 fully saturated rings. The molecule has 2 unspecified atom stereocenters. The fourth-order valence-electron chi connectivity index (χ4n) is 3.79. The molecule has 0 heterocycles. The van der Waals surface area contributed by atoms with Crippen LogP contribution in [-0.2, 0) is 6.42 Å². The lowest BCUT2D eigenvalue weighted by molar-refractivity contribution is 0.142. The summed E-state index contributed by atoms with van der Waals surface area (Å²) in [7, 11) is 0. The van der Waals surface area contributed by atoms with Crippen molar-refractivity contribution in [1.29, 1.82) is 0 Å². The van der Waals surface area contributed by atoms with Gasteiger partial charge in [-0.1, -0.05) is 61.9 Å². The minimum absolute atomic E-state index is 0.0280. The number of rotatable bonds is 5. The van der Waals surface area contributed by atoms with Crippen LogP contribution in [0.2, 0.25) is 0 Å². The summed E-state index contributed by atoms with van der Waals surface area (Å²) in [6, 6.07) is 16.7. The van der Waals surface area contributed by atoms with Gasteiger partial charge in [0.05, 0.1) is 0 Å². The van der Waals surface area contributed by atoms with E-state index in [2.05, 4.69) is 37.3 Å². The van der Waals surface area contributed by atoms with Crippen LogP contribution in [0.25, 0.3) is 11.1 Å². The van der Waals surface area contributed by atoms with Crippen LogP contribution < -0.4 is 0 Å². The maximum atomic E-state index is 13.8. The quantitative estimate of drug-likeness (QED) is 0.577. The number of halogens is 2. The maximum absolute atomic E-state index is 13.8. The molecular formula is C22H26F2. The summed E-state index contributed by atoms with van der Waals surface area (Å²) < 4.78 is 27.7. The first kappa shape index (κ1) is 17.1. The second-order valence-electron chi connectivity index (χ2n) is 6.99. The summed E-state index contributed by atoms with van der Waals surface area (Å²) in [6.07, 6.45) is 2.39. The first-order valence-corrected chi connectivity index (χ1v) is 9.13. The Morgan fingerprint density at radius 1 is 0.875 bits per heavy atom. The normalized spacial score (nSPS) is 24.0. The van der Waals surface area contributed by atoms with E-state index < -0.39 is 12.3 Å². The lowest BCUT2D eigenvalue weighted by Crippen LogP contribution is -2.23. The standard InChI is InChI=1S/C22H26F2/c1-2-3-6-16-9-11-17(12-10-16)21-7-4-5-8-22(21)18-13-19(23)15-20(24)14-18/h4-5,7-12,18-20H,2-3,6,13-15H2,1H3. The zero-order valence-corrected chi connectivity index (χ0v) is 14.3. The van der Waals surface area contributed by atoms with Crippen LogP contribution in [-0.4, -0.2) is 12.3 Å². The van der Waals surface area contributed by atoms with Crippen LogP contribution >= 0.6 is 0 Å². The van der Waals surface area contributed by atoms with Gasteiger partial charge in [0.1, 0.15) is 12.3 Å². The zero-order chi connectivity index (χ0) is 16.9. The van der Waals surface area contributed by atoms with Crippen LogP contribution in [0.15, 0.2) is 48.5 Å². The van der Waals surface area contributed by atoms with E-state index in [0.29, 0.717) is 12.8 Å². The summed E-state index contributed by atoms with van der Waals surface area (Å²) in [6.45, 7) is 2.20. The van der Waals surface area contributed by atoms with Gasteiger partial charge in [0.2, 0.25) is 0 Å². The molecule has 3 rings (SSSR count). The average molecular weight is 328 g/mol. The Kier molecular flexibility index (Phi) is 5.65. The third-order valence-electron chi connectivity index (χ3n) is 5.08. The Hall–Kier alpha value is -1.70. The van der Waals surface area contributed by atoms with Crippen LogP contribution in [0.4, 0.5) is 8.78 Å². The Morgan fingerprint density at radius 3 is 2.21 bits per heavy atom. The molecule has 2 aromatic carbocycles. The predicted octanol–water partition coefficient (Wildman–Crippen LogP) is 6.64. The van der Waals surface area contributed by atoms with Crippen LogP contribution in [0.3, 0.4) is 0 Å². The van der Waals surface area contributed by atoms with E-state index in [1.165, 1.54) is 18.4 Å². The number of aryl methyl sites for hydroxylation is 1. The fourth-order valence-corrected chi connectivity index (χ4v) is 3.79. The summed E-state index contributed by atoms with van der Waals surface area (Å²) >= 11 is 0. The minimum Gasteiger partial charge on any atom is -0.247 e. The molecule has 0 nitrogen and oxygen atoms in total. The molecule has 128 valence electrons. The molecule has 24 heavy (non-hydrogen) atoms. The lowest BCUT2D eigenvalue weighted by atomic mass is 9.79. The van der Waals surface area contributed by atoms with Gasteiger partial charge < -0.3 is 0 Å². The molecule has 1 saturated carbocycles. The van der Waals surface area contributed by atoms with Crippen molar-refractivity contribution in [2.24, 2.45) is 0 Å². The highest BCUT2D eigenvalue weighted by molar-refractivity contribution is 5.68. The fraction of sp³-hybridized carbons (Fsp3) is 0.455. The van der Waals surface area contributed by atoms with E-state index in [1.54, 1.807) is 0 Å². The molecule has 0 radical (unpaired) electrons. The van der Waals surface area contributed by atoms with Crippen LogP contribution in [0.1, 0.15) is 56.1 Å². The Balaban J connectivity index is 1.86. The molecule has 0 N–H and O–H groups in total. The number of hydrogen-bond donors (Lipinski definition) is 0. The van der Waals surface area contributed by atoms with Gasteiger partial charge in [-0.05, 0) is 53.9 Å². The van der Waals surface area contributed by atoms with Crippen molar-refractivity contribution in [1.82, 2.24) is 0 Å². The number of benzene rings is 2. The zero-order valence-electron chi connectivity index (χ0n) is 14.3. The smallest absolute Gasteiger partial charge is 0.103 e. The number of alkyl halides is 2. The van der Waals surface area contributed by atoms with Gasteiger partial charge in [-0.15, -0.1) is 0 Å². The molecule has 2 heteroatoms. The number of unbranched alkanes of at least 4 members (excludes halogenated alkanes) is 1. The van der Waals surface area contributed by atoms with Gasteiger partial charge in [0.25, 0.3) is 0 Å². The minimum atomic E-state index is -1.02. The second-order valence-corrected chi connectivity index (χ2v) is 6.99. The predicted molar refractivity (Wildman–Crippen MR) is 96.9 cm³/mol. The van der Waals surface area contributed by atoms with Gasteiger partial charge in [-0.2, -0.15) is 0 Å². The van der Waals surface area contributed by atoms with Crippen molar-refractivity contribution >= 4 is 0 Å². The molecule has 0 aliphatic heterocycles. The molecule has 2 atom stereocenters. The lowest BCUT2D eigenvalue weighted by Gasteiger charge is -2.29. The first-order valence-electron chi connectivity index (χ1n) is 9.13. The SMILES string of the molecule is CCCCc1ccc(-c2ccccc2C2CC(F)CC(F)C2)cc1. The largest absolute Gasteiger partial charge is 0.247 e.